The van der Waals surface area contributed by atoms with Crippen LogP contribution in [0.2, 0.25) is 0 Å². The van der Waals surface area contributed by atoms with Gasteiger partial charge in [0.1, 0.15) is 5.82 Å². The number of hydrogen-bond donors (Lipinski definition) is 1. The Bertz CT molecular complexity index is 1240. The van der Waals surface area contributed by atoms with E-state index in [9.17, 15) is 12.8 Å². The van der Waals surface area contributed by atoms with Crippen LogP contribution < -0.4 is 9.80 Å². The van der Waals surface area contributed by atoms with Crippen molar-refractivity contribution in [2.45, 2.75) is 19.4 Å². The van der Waals surface area contributed by atoms with Gasteiger partial charge in [0.05, 0.1) is 17.6 Å². The van der Waals surface area contributed by atoms with E-state index in [2.05, 4.69) is 31.8 Å². The first-order chi connectivity index (χ1) is 16.5. The largest absolute Gasteiger partial charge is 0.364 e. The maximum atomic E-state index is 14.6. The van der Waals surface area contributed by atoms with Crippen LogP contribution in [0.5, 0.6) is 0 Å². The maximum absolute atomic E-state index is 14.6. The molecule has 2 aliphatic heterocycles. The predicted octanol–water partition coefficient (Wildman–Crippen LogP) is 1.28. The number of pyridine rings is 1. The van der Waals surface area contributed by atoms with Crippen LogP contribution in [-0.2, 0) is 17.1 Å². The van der Waals surface area contributed by atoms with E-state index in [0.29, 0.717) is 56.6 Å². The molecule has 3 aromatic heterocycles. The second-order valence-corrected chi connectivity index (χ2v) is 9.32. The van der Waals surface area contributed by atoms with Gasteiger partial charge in [-0.25, -0.2) is 33.3 Å². The summed E-state index contributed by atoms with van der Waals surface area (Å²) in [6.07, 6.45) is 5.82. The minimum absolute atomic E-state index is 0.0469. The fourth-order valence-electron chi connectivity index (χ4n) is 4.52. The summed E-state index contributed by atoms with van der Waals surface area (Å²) in [5.41, 5.74) is 2.69. The number of piperazine rings is 1. The molecule has 1 saturated heterocycles. The molecular formula is C22H25FN8O2S. The summed E-state index contributed by atoms with van der Waals surface area (Å²) in [7, 11) is -2.44. The molecule has 0 aliphatic carbocycles. The zero-order valence-electron chi connectivity index (χ0n) is 18.7. The van der Waals surface area contributed by atoms with Crippen LogP contribution >= 0.6 is 0 Å². The first-order valence-electron chi connectivity index (χ1n) is 11.1. The Kier molecular flexibility index (Phi) is 6.33. The second-order valence-electron chi connectivity index (χ2n) is 8.37. The first kappa shape index (κ1) is 22.5. The molecule has 5 rings (SSSR count). The first-order valence-corrected chi connectivity index (χ1v) is 12.5. The third-order valence-electron chi connectivity index (χ3n) is 6.28. The highest BCUT2D eigenvalue weighted by Gasteiger charge is 2.28. The zero-order chi connectivity index (χ0) is 23.7. The van der Waals surface area contributed by atoms with Crippen molar-refractivity contribution in [3.8, 4) is 11.6 Å². The lowest BCUT2D eigenvalue weighted by atomic mass is 9.99. The number of fused-ring (bicyclic) bond motifs is 1. The monoisotopic (exact) mass is 484 g/mol. The van der Waals surface area contributed by atoms with Crippen molar-refractivity contribution in [2.24, 2.45) is 0 Å². The Morgan fingerprint density at radius 1 is 1.00 bits per heavy atom. The highest BCUT2D eigenvalue weighted by molar-refractivity contribution is 7.72. The van der Waals surface area contributed by atoms with Crippen molar-refractivity contribution in [2.75, 3.05) is 48.4 Å². The lowest BCUT2D eigenvalue weighted by molar-refractivity contribution is 0.295. The molecule has 0 spiro atoms. The molecule has 5 heterocycles. The minimum atomic E-state index is -2.44. The fraction of sp³-hybridized carbons (Fsp3) is 0.409. The topological polar surface area (TPSA) is 108 Å². The Hall–Kier alpha value is -3.25. The molecule has 0 aromatic carbocycles. The maximum Gasteiger partial charge on any atom is 0.216 e. The van der Waals surface area contributed by atoms with E-state index in [1.165, 1.54) is 6.07 Å². The van der Waals surface area contributed by atoms with Crippen molar-refractivity contribution in [3.63, 3.8) is 0 Å². The fourth-order valence-corrected chi connectivity index (χ4v) is 5.13. The molecule has 0 bridgehead atoms. The summed E-state index contributed by atoms with van der Waals surface area (Å²) in [6.45, 7) is 5.10. The smallest absolute Gasteiger partial charge is 0.216 e. The molecular weight excluding hydrogens is 459 g/mol. The predicted molar refractivity (Wildman–Crippen MR) is 126 cm³/mol. The molecule has 0 radical (unpaired) electrons. The molecule has 0 N–H and O–H groups in total. The number of halogens is 1. The van der Waals surface area contributed by atoms with E-state index < -0.39 is 16.7 Å². The van der Waals surface area contributed by atoms with Crippen molar-refractivity contribution < 1.29 is 12.8 Å². The molecule has 34 heavy (non-hydrogen) atoms. The van der Waals surface area contributed by atoms with Crippen molar-refractivity contribution in [1.82, 2.24) is 29.8 Å². The van der Waals surface area contributed by atoms with Crippen LogP contribution in [0.4, 0.5) is 15.9 Å². The average Bonchev–Trinajstić information content (AvgIpc) is 2.84. The number of thiol groups is 1. The van der Waals surface area contributed by atoms with Crippen LogP contribution in [0, 0.1) is 5.95 Å². The van der Waals surface area contributed by atoms with E-state index in [4.69, 9.17) is 4.98 Å². The van der Waals surface area contributed by atoms with Gasteiger partial charge in [-0.15, -0.1) is 0 Å². The molecule has 2 aliphatic rings. The third kappa shape index (κ3) is 4.68. The van der Waals surface area contributed by atoms with Gasteiger partial charge in [0, 0.05) is 81.1 Å². The highest BCUT2D eigenvalue weighted by Crippen LogP contribution is 2.34. The summed E-state index contributed by atoms with van der Waals surface area (Å²) in [4.78, 5) is 27.7. The summed E-state index contributed by atoms with van der Waals surface area (Å²) >= 11 is 0. The summed E-state index contributed by atoms with van der Waals surface area (Å²) in [6, 6.07) is 5.06. The lowest BCUT2D eigenvalue weighted by Gasteiger charge is -2.38. The molecule has 1 atom stereocenters. The average molecular weight is 485 g/mol. The van der Waals surface area contributed by atoms with Gasteiger partial charge < -0.3 is 9.80 Å². The minimum Gasteiger partial charge on any atom is -0.364 e. The normalized spacial score (nSPS) is 18.9. The van der Waals surface area contributed by atoms with E-state index in [-0.39, 0.29) is 11.9 Å². The van der Waals surface area contributed by atoms with E-state index in [1.54, 1.807) is 18.5 Å². The number of hydrogen-bond acceptors (Lipinski definition) is 10. The zero-order valence-corrected chi connectivity index (χ0v) is 19.6. The van der Waals surface area contributed by atoms with Crippen LogP contribution in [0.1, 0.15) is 24.2 Å². The number of aromatic nitrogens is 5. The van der Waals surface area contributed by atoms with Gasteiger partial charge in [0.25, 0.3) is 0 Å². The van der Waals surface area contributed by atoms with Crippen LogP contribution in [0.3, 0.4) is 0 Å². The SMILES string of the molecule is CC1c2cnc(-c3ncccn3)nc2CCN1c1cc(F)nc(N2CCN(C[SH](=O)=O)CC2)c1. The van der Waals surface area contributed by atoms with Gasteiger partial charge in [-0.1, -0.05) is 0 Å². The van der Waals surface area contributed by atoms with Gasteiger partial charge in [-0.3, -0.25) is 4.90 Å². The molecule has 12 heteroatoms. The van der Waals surface area contributed by atoms with Gasteiger partial charge >= 0.3 is 0 Å². The standard InChI is InChI=1S/C22H25FN8O2S/c1-15-17-13-26-22(21-24-4-2-5-25-21)27-18(17)3-6-31(15)16-11-19(23)28-20(12-16)30-9-7-29(8-10-30)14-34(32)33/h2,4-5,11-13,15,34H,3,6-10,14H2,1H3. The lowest BCUT2D eigenvalue weighted by Crippen LogP contribution is -2.47. The van der Waals surface area contributed by atoms with Gasteiger partial charge in [-0.05, 0) is 13.0 Å². The van der Waals surface area contributed by atoms with Crippen molar-refractivity contribution in [3.05, 3.63) is 54.0 Å². The molecule has 0 amide bonds. The van der Waals surface area contributed by atoms with E-state index in [1.807, 2.05) is 22.1 Å². The van der Waals surface area contributed by atoms with Gasteiger partial charge in [-0.2, -0.15) is 4.39 Å². The Balaban J connectivity index is 1.35. The quantitative estimate of drug-likeness (QED) is 0.420. The van der Waals surface area contributed by atoms with Gasteiger partial charge in [0.15, 0.2) is 22.4 Å². The summed E-state index contributed by atoms with van der Waals surface area (Å²) in [5.74, 6) is 1.06. The van der Waals surface area contributed by atoms with Gasteiger partial charge in [0.2, 0.25) is 5.95 Å². The van der Waals surface area contributed by atoms with E-state index in [0.717, 1.165) is 16.9 Å². The molecule has 3 aromatic rings. The molecule has 1 unspecified atom stereocenters. The number of anilines is 2. The van der Waals surface area contributed by atoms with E-state index >= 15 is 0 Å². The third-order valence-corrected chi connectivity index (χ3v) is 6.91. The number of nitrogens with zero attached hydrogens (tertiary/aromatic N) is 8. The molecule has 0 saturated carbocycles. The molecule has 178 valence electrons. The summed E-state index contributed by atoms with van der Waals surface area (Å²) < 4.78 is 36.5. The second kappa shape index (κ2) is 9.55. The van der Waals surface area contributed by atoms with Crippen molar-refractivity contribution >= 4 is 22.2 Å². The highest BCUT2D eigenvalue weighted by atomic mass is 32.2. The molecule has 1 fully saturated rings. The van der Waals surface area contributed by atoms with Crippen LogP contribution in [0.25, 0.3) is 11.6 Å². The Morgan fingerprint density at radius 3 is 2.50 bits per heavy atom. The Labute approximate surface area is 198 Å². The summed E-state index contributed by atoms with van der Waals surface area (Å²) in [5, 5.41) is 0. The number of rotatable bonds is 5. The van der Waals surface area contributed by atoms with Crippen molar-refractivity contribution in [1.29, 1.82) is 0 Å². The molecule has 10 nitrogen and oxygen atoms in total. The van der Waals surface area contributed by atoms with Crippen LogP contribution in [0.15, 0.2) is 36.8 Å². The van der Waals surface area contributed by atoms with Crippen LogP contribution in [-0.4, -0.2) is 76.8 Å². The Morgan fingerprint density at radius 2 is 1.76 bits per heavy atom.